The van der Waals surface area contributed by atoms with E-state index in [-0.39, 0.29) is 0 Å². The van der Waals surface area contributed by atoms with E-state index in [1.807, 2.05) is 0 Å². The Hall–Kier alpha value is 1.63. The number of halogens is 1. The summed E-state index contributed by atoms with van der Waals surface area (Å²) in [5.74, 6) is 0. The zero-order valence-corrected chi connectivity index (χ0v) is 13.4. The zero-order valence-electron chi connectivity index (χ0n) is 5.29. The molecule has 0 aliphatic rings. The van der Waals surface area contributed by atoms with Crippen LogP contribution in [0, 0.1) is 0 Å². The van der Waals surface area contributed by atoms with E-state index in [1.165, 1.54) is 0 Å². The van der Waals surface area contributed by atoms with E-state index < -0.39 is 30.2 Å². The van der Waals surface area contributed by atoms with Crippen molar-refractivity contribution in [2.45, 2.75) is 23.2 Å². The van der Waals surface area contributed by atoms with Crippen LogP contribution in [0.4, 0.5) is 0 Å². The van der Waals surface area contributed by atoms with Crippen molar-refractivity contribution in [3.8, 4) is 0 Å². The maximum atomic E-state index is 3.64. The Bertz CT molecular complexity index is 50.1. The molecule has 0 fully saturated rings. The predicted octanol–water partition coefficient (Wildman–Crippen LogP) is 2.67. The Morgan fingerprint density at radius 2 is 1.86 bits per heavy atom. The summed E-state index contributed by atoms with van der Waals surface area (Å²) in [4.78, 5) is 0. The molecule has 0 amide bonds. The molecular weight excluding hydrogens is 357 g/mol. The van der Waals surface area contributed by atoms with E-state index in [2.05, 4.69) is 31.5 Å². The summed E-state index contributed by atoms with van der Waals surface area (Å²) in [5, 5.41) is 0. The Kier molecular flexibility index (Phi) is 4.46. The monoisotopic (exact) mass is 368 g/mol. The third kappa shape index (κ3) is 7.63. The van der Waals surface area contributed by atoms with Gasteiger partial charge in [0.1, 0.15) is 0 Å². The van der Waals surface area contributed by atoms with Gasteiger partial charge in [0.15, 0.2) is 0 Å². The minimum absolute atomic E-state index is 0.416. The molecule has 0 aliphatic heterocycles. The number of rotatable bonds is 2. The summed E-state index contributed by atoms with van der Waals surface area (Å²) < 4.78 is 1.62. The van der Waals surface area contributed by atoms with Gasteiger partial charge in [0.05, 0.1) is 0 Å². The van der Waals surface area contributed by atoms with Crippen LogP contribution in [0.2, 0.25) is 23.2 Å². The van der Waals surface area contributed by atoms with Gasteiger partial charge < -0.3 is 0 Å². The average Bonchev–Trinajstić information content (AvgIpc) is 1.30. The average molecular weight is 368 g/mol. The van der Waals surface area contributed by atoms with E-state index in [1.54, 1.807) is 3.55 Å². The zero-order chi connectivity index (χ0) is 5.91. The summed E-state index contributed by atoms with van der Waals surface area (Å²) in [6.45, 7) is 7.32. The van der Waals surface area contributed by atoms with E-state index >= 15 is 0 Å². The third-order valence-electron chi connectivity index (χ3n) is 0.844. The standard InChI is InChI=1S/C4H11Si.BrH.Hg/c1-5(2,3)4;;/h1H2,2-4H3;1H;/q;;+1/p-1. The fourth-order valence-electron chi connectivity index (χ4n) is 0.283. The molecule has 0 aromatic rings. The fourth-order valence-corrected chi connectivity index (χ4v) is 38.8. The first-order chi connectivity index (χ1) is 3.06. The molecule has 7 heavy (non-hydrogen) atoms. The topological polar surface area (TPSA) is 0 Å². The number of hydrogen-bond acceptors (Lipinski definition) is 0. The molecule has 0 bridgehead atoms. The van der Waals surface area contributed by atoms with Crippen molar-refractivity contribution in [2.24, 2.45) is 0 Å². The quantitative estimate of drug-likeness (QED) is 0.658. The van der Waals surface area contributed by atoms with Crippen LogP contribution in [0.5, 0.6) is 0 Å². The van der Waals surface area contributed by atoms with Gasteiger partial charge in [-0.25, -0.2) is 0 Å². The van der Waals surface area contributed by atoms with E-state index in [0.717, 1.165) is 0 Å². The van der Waals surface area contributed by atoms with Crippen molar-refractivity contribution in [1.82, 2.24) is 0 Å². The van der Waals surface area contributed by atoms with Crippen LogP contribution in [0.1, 0.15) is 0 Å². The molecule has 0 aromatic heterocycles. The third-order valence-corrected chi connectivity index (χ3v) is 32.7. The minimum atomic E-state index is -0.605. The first-order valence-electron chi connectivity index (χ1n) is 2.62. The van der Waals surface area contributed by atoms with Crippen LogP contribution in [0.15, 0.2) is 0 Å². The molecule has 3 heteroatoms. The molecule has 0 heterocycles. The van der Waals surface area contributed by atoms with Gasteiger partial charge in [0, 0.05) is 0 Å². The Labute approximate surface area is 64.8 Å². The van der Waals surface area contributed by atoms with E-state index in [0.29, 0.717) is 0 Å². The molecule has 0 unspecified atom stereocenters. The van der Waals surface area contributed by atoms with Crippen molar-refractivity contribution < 1.29 is 22.1 Å². The normalized spacial score (nSPS) is 10.9. The van der Waals surface area contributed by atoms with Gasteiger partial charge in [0.2, 0.25) is 0 Å². The molecule has 0 nitrogen and oxygen atoms in total. The molecule has 0 spiro atoms. The Morgan fingerprint density at radius 1 is 1.43 bits per heavy atom. The molecule has 0 rings (SSSR count). The van der Waals surface area contributed by atoms with Crippen LogP contribution < -0.4 is 0 Å². The fraction of sp³-hybridized carbons (Fsp3) is 1.00. The molecule has 0 saturated carbocycles. The molecule has 0 aromatic carbocycles. The first-order valence-corrected chi connectivity index (χ1v) is 22.1. The van der Waals surface area contributed by atoms with Gasteiger partial charge in [-0.2, -0.15) is 0 Å². The van der Waals surface area contributed by atoms with Crippen molar-refractivity contribution in [3.05, 3.63) is 0 Å². The first kappa shape index (κ1) is 8.63. The van der Waals surface area contributed by atoms with Gasteiger partial charge in [-0.1, -0.05) is 0 Å². The van der Waals surface area contributed by atoms with Gasteiger partial charge in [-0.05, 0) is 0 Å². The van der Waals surface area contributed by atoms with Crippen LogP contribution in [0.3, 0.4) is 0 Å². The second kappa shape index (κ2) is 3.62. The Balaban J connectivity index is 3.15. The second-order valence-electron chi connectivity index (χ2n) is 3.00. The van der Waals surface area contributed by atoms with Crippen molar-refractivity contribution in [1.29, 1.82) is 0 Å². The van der Waals surface area contributed by atoms with E-state index in [9.17, 15) is 0 Å². The van der Waals surface area contributed by atoms with E-state index in [4.69, 9.17) is 0 Å². The van der Waals surface area contributed by atoms with Crippen LogP contribution >= 0.6 is 11.9 Å². The molecule has 0 atom stereocenters. The van der Waals surface area contributed by atoms with Gasteiger partial charge in [0.25, 0.3) is 0 Å². The molecule has 0 aliphatic carbocycles. The molecular formula is C4H11BrHgSi. The van der Waals surface area contributed by atoms with Gasteiger partial charge in [-0.3, -0.25) is 0 Å². The molecule has 0 radical (unpaired) electrons. The summed E-state index contributed by atoms with van der Waals surface area (Å²) in [5.41, 5.74) is 0. The predicted molar refractivity (Wildman–Crippen MR) is 37.1 cm³/mol. The molecule has 40 valence electrons. The second-order valence-corrected chi connectivity index (χ2v) is 22.9. The number of hydrogen-bond donors (Lipinski definition) is 0. The van der Waals surface area contributed by atoms with Gasteiger partial charge in [-0.15, -0.1) is 0 Å². The van der Waals surface area contributed by atoms with Crippen LogP contribution in [0.25, 0.3) is 0 Å². The SMILES string of the molecule is C[Si](C)(C)[CH2][Hg][Br]. The maximum absolute atomic E-state index is 3.64. The summed E-state index contributed by atoms with van der Waals surface area (Å²) in [6, 6.07) is 0. The van der Waals surface area contributed by atoms with Gasteiger partial charge >= 0.3 is 65.3 Å². The summed E-state index contributed by atoms with van der Waals surface area (Å²) >= 11 is 3.23. The molecule has 0 saturated heterocycles. The molecule has 0 N–H and O–H groups in total. The summed E-state index contributed by atoms with van der Waals surface area (Å²) in [7, 11) is -0.605. The van der Waals surface area contributed by atoms with Crippen LogP contribution in [-0.4, -0.2) is 8.07 Å². The van der Waals surface area contributed by atoms with Crippen molar-refractivity contribution >= 4 is 20.0 Å². The van der Waals surface area contributed by atoms with Crippen molar-refractivity contribution in [2.75, 3.05) is 0 Å². The van der Waals surface area contributed by atoms with Crippen molar-refractivity contribution in [3.63, 3.8) is 0 Å². The Morgan fingerprint density at radius 3 is 1.86 bits per heavy atom. The summed E-state index contributed by atoms with van der Waals surface area (Å²) in [6.07, 6.45) is 0. The van der Waals surface area contributed by atoms with Crippen LogP contribution in [-0.2, 0) is 22.1 Å².